The Labute approximate surface area is 335 Å². The van der Waals surface area contributed by atoms with Gasteiger partial charge in [0.2, 0.25) is 5.91 Å². The molecule has 0 bridgehead atoms. The van der Waals surface area contributed by atoms with Crippen LogP contribution in [0.3, 0.4) is 0 Å². The monoisotopic (exact) mass is 797 g/mol. The van der Waals surface area contributed by atoms with E-state index >= 15 is 0 Å². The molecule has 13 heteroatoms. The molecule has 6 aliphatic carbocycles. The van der Waals surface area contributed by atoms with Gasteiger partial charge in [-0.05, 0) is 99.7 Å². The summed E-state index contributed by atoms with van der Waals surface area (Å²) in [4.78, 5) is 81.7. The SMILES string of the molecule is COC(=O)[C@@]1(C)[C@@H](OC(=O)/C=C2/CC[C@H]3[C@@H]([C@@H](O)C(=O)[C@@H]4[C@]3(C)CCC[C@]4(C)C(=O)OC)[C@H]2C)CC[C@@]2(C)[C@H]1[C@@H](O)C(=O)[C@H]1[C@@H](C)/C(=C/C(=O)NCCO)CC[C@@H]12. The molecule has 4 N–H and O–H groups in total. The molecular weight excluding hydrogens is 734 g/mol. The van der Waals surface area contributed by atoms with Crippen molar-refractivity contribution < 1.29 is 58.3 Å². The van der Waals surface area contributed by atoms with Crippen molar-refractivity contribution in [2.75, 3.05) is 27.4 Å². The number of hydrogen-bond acceptors (Lipinski definition) is 12. The van der Waals surface area contributed by atoms with Crippen molar-refractivity contribution >= 4 is 35.4 Å². The van der Waals surface area contributed by atoms with Crippen molar-refractivity contribution in [1.82, 2.24) is 5.32 Å². The van der Waals surface area contributed by atoms with Crippen LogP contribution in [-0.2, 0) is 43.0 Å². The number of methoxy groups -OCH3 is 2. The summed E-state index contributed by atoms with van der Waals surface area (Å²) in [6.45, 7) is 11.2. The van der Waals surface area contributed by atoms with E-state index in [9.17, 15) is 39.0 Å². The van der Waals surface area contributed by atoms with Crippen molar-refractivity contribution in [1.29, 1.82) is 0 Å². The molecule has 0 saturated heterocycles. The minimum atomic E-state index is -1.58. The van der Waals surface area contributed by atoms with E-state index in [4.69, 9.17) is 19.3 Å². The van der Waals surface area contributed by atoms with Crippen LogP contribution < -0.4 is 5.32 Å². The molecule has 0 spiro atoms. The Bertz CT molecular complexity index is 1740. The summed E-state index contributed by atoms with van der Waals surface area (Å²) in [6, 6.07) is 0. The number of esters is 3. The Morgan fingerprint density at radius 2 is 1.42 bits per heavy atom. The zero-order chi connectivity index (χ0) is 42.0. The van der Waals surface area contributed by atoms with Gasteiger partial charge in [-0.1, -0.05) is 45.3 Å². The highest BCUT2D eigenvalue weighted by Crippen LogP contribution is 2.66. The quantitative estimate of drug-likeness (QED) is 0.166. The van der Waals surface area contributed by atoms with Crippen LogP contribution in [0.25, 0.3) is 0 Å². The number of aliphatic hydroxyl groups is 3. The number of amides is 1. The number of nitrogens with one attached hydrogen (secondary N) is 1. The first kappa shape index (κ1) is 43.2. The van der Waals surface area contributed by atoms with Crippen LogP contribution in [0.5, 0.6) is 0 Å². The minimum absolute atomic E-state index is 0.0760. The molecule has 13 nitrogen and oxygen atoms in total. The van der Waals surface area contributed by atoms with Gasteiger partial charge in [-0.3, -0.25) is 24.0 Å². The lowest BCUT2D eigenvalue weighted by Crippen LogP contribution is -2.68. The molecule has 6 saturated carbocycles. The fourth-order valence-electron chi connectivity index (χ4n) is 13.8. The van der Waals surface area contributed by atoms with Gasteiger partial charge in [0.1, 0.15) is 23.7 Å². The lowest BCUT2D eigenvalue weighted by Gasteiger charge is -2.63. The summed E-state index contributed by atoms with van der Waals surface area (Å²) in [5, 5.41) is 35.3. The van der Waals surface area contributed by atoms with Gasteiger partial charge in [-0.15, -0.1) is 0 Å². The maximum absolute atomic E-state index is 14.2. The molecule has 57 heavy (non-hydrogen) atoms. The average molecular weight is 798 g/mol. The minimum Gasteiger partial charge on any atom is -0.469 e. The van der Waals surface area contributed by atoms with E-state index in [1.54, 1.807) is 13.8 Å². The molecule has 6 aliphatic rings. The maximum atomic E-state index is 14.2. The highest BCUT2D eigenvalue weighted by molar-refractivity contribution is 5.94. The predicted octanol–water partition coefficient (Wildman–Crippen LogP) is 3.65. The standard InChI is InChI=1S/C44H63NO12/c1-22-24(20-29(47)45-18-19-46)10-12-27-31(22)34(50)36(52)38-42(27,4)17-14-28(44(38,6)40(54)56-8)57-30(48)21-25-11-13-26-32(23(25)2)33(49)35(51)37-41(26,3)15-9-16-43(37,5)39(53)55-7/h20-23,26-28,31-33,36-38,46,49,52H,9-19H2,1-8H3,(H,45,47)/b24-20+,25-21-/t22-,23-,26-,27-,28-,31-,32-,33+,36-,37+,38+,41+,42+,43-,44-/m0/s1. The van der Waals surface area contributed by atoms with Gasteiger partial charge < -0.3 is 34.8 Å². The van der Waals surface area contributed by atoms with E-state index in [-0.39, 0.29) is 54.9 Å². The first-order chi connectivity index (χ1) is 26.8. The van der Waals surface area contributed by atoms with E-state index in [0.717, 1.165) is 24.0 Å². The molecule has 0 unspecified atom stereocenters. The van der Waals surface area contributed by atoms with Gasteiger partial charge in [0.15, 0.2) is 11.6 Å². The maximum Gasteiger partial charge on any atom is 0.331 e. The second-order valence-electron chi connectivity index (χ2n) is 19.0. The molecular formula is C44H63NO12. The zero-order valence-corrected chi connectivity index (χ0v) is 34.8. The van der Waals surface area contributed by atoms with E-state index in [1.165, 1.54) is 26.4 Å². The number of allylic oxidation sites excluding steroid dienone is 2. The Morgan fingerprint density at radius 1 is 0.789 bits per heavy atom. The zero-order valence-electron chi connectivity index (χ0n) is 34.8. The third-order valence-electron chi connectivity index (χ3n) is 16.5. The van der Waals surface area contributed by atoms with Gasteiger partial charge in [0, 0.05) is 42.4 Å². The van der Waals surface area contributed by atoms with Crippen molar-refractivity contribution in [3.05, 3.63) is 23.3 Å². The van der Waals surface area contributed by atoms with Gasteiger partial charge in [-0.25, -0.2) is 4.79 Å². The summed E-state index contributed by atoms with van der Waals surface area (Å²) in [7, 11) is 2.57. The largest absolute Gasteiger partial charge is 0.469 e. The molecule has 316 valence electrons. The van der Waals surface area contributed by atoms with Crippen LogP contribution in [-0.4, -0.2) is 96.4 Å². The summed E-state index contributed by atoms with van der Waals surface area (Å²) in [5.74, 6) is -6.59. The van der Waals surface area contributed by atoms with Crippen molar-refractivity contribution in [2.24, 2.45) is 69.0 Å². The van der Waals surface area contributed by atoms with Gasteiger partial charge in [-0.2, -0.15) is 0 Å². The lowest BCUT2D eigenvalue weighted by molar-refractivity contribution is -0.222. The van der Waals surface area contributed by atoms with Crippen LogP contribution in [0.2, 0.25) is 0 Å². The molecule has 15 atom stereocenters. The third-order valence-corrected chi connectivity index (χ3v) is 16.5. The molecule has 0 heterocycles. The molecule has 0 aliphatic heterocycles. The highest BCUT2D eigenvalue weighted by atomic mass is 16.6. The Morgan fingerprint density at radius 3 is 2.05 bits per heavy atom. The second kappa shape index (κ2) is 15.6. The topological polar surface area (TPSA) is 203 Å². The molecule has 6 rings (SSSR count). The molecule has 0 radical (unpaired) electrons. The number of carbonyl (C=O) groups is 6. The number of hydrogen-bond donors (Lipinski definition) is 4. The van der Waals surface area contributed by atoms with Crippen LogP contribution in [0, 0.1) is 69.0 Å². The number of rotatable bonds is 7. The van der Waals surface area contributed by atoms with Gasteiger partial charge in [0.25, 0.3) is 0 Å². The first-order valence-electron chi connectivity index (χ1n) is 20.9. The molecule has 6 fully saturated rings. The number of ketones is 2. The fraction of sp³-hybridized carbons (Fsp3) is 0.773. The smallest absolute Gasteiger partial charge is 0.331 e. The number of aliphatic hydroxyl groups excluding tert-OH is 3. The lowest BCUT2D eigenvalue weighted by atomic mass is 9.41. The molecule has 0 aromatic carbocycles. The average Bonchev–Trinajstić information content (AvgIpc) is 3.17. The fourth-order valence-corrected chi connectivity index (χ4v) is 13.8. The van der Waals surface area contributed by atoms with Crippen LogP contribution >= 0.6 is 0 Å². The van der Waals surface area contributed by atoms with E-state index in [0.29, 0.717) is 38.5 Å². The van der Waals surface area contributed by atoms with E-state index in [2.05, 4.69) is 12.2 Å². The Hall–Kier alpha value is -3.42. The highest BCUT2D eigenvalue weighted by Gasteiger charge is 2.70. The van der Waals surface area contributed by atoms with E-state index < -0.39 is 87.3 Å². The Balaban J connectivity index is 1.24. The van der Waals surface area contributed by atoms with Crippen LogP contribution in [0.15, 0.2) is 23.3 Å². The van der Waals surface area contributed by atoms with Gasteiger partial charge >= 0.3 is 17.9 Å². The second-order valence-corrected chi connectivity index (χ2v) is 19.0. The summed E-state index contributed by atoms with van der Waals surface area (Å²) >= 11 is 0. The van der Waals surface area contributed by atoms with Crippen molar-refractivity contribution in [3.8, 4) is 0 Å². The van der Waals surface area contributed by atoms with E-state index in [1.807, 2.05) is 20.8 Å². The molecule has 0 aromatic rings. The number of carbonyl (C=O) groups excluding carboxylic acids is 6. The van der Waals surface area contributed by atoms with Crippen molar-refractivity contribution in [2.45, 2.75) is 118 Å². The first-order valence-corrected chi connectivity index (χ1v) is 20.9. The number of fused-ring (bicyclic) bond motifs is 6. The summed E-state index contributed by atoms with van der Waals surface area (Å²) in [6.07, 6.45) is 3.97. The Kier molecular flexibility index (Phi) is 11.8. The van der Waals surface area contributed by atoms with Crippen molar-refractivity contribution in [3.63, 3.8) is 0 Å². The number of ether oxygens (including phenoxy) is 3. The summed E-state index contributed by atoms with van der Waals surface area (Å²) in [5.41, 5.74) is -2.35. The van der Waals surface area contributed by atoms with Gasteiger partial charge in [0.05, 0.1) is 26.2 Å². The third kappa shape index (κ3) is 6.62. The van der Waals surface area contributed by atoms with Crippen LogP contribution in [0.1, 0.15) is 99.3 Å². The summed E-state index contributed by atoms with van der Waals surface area (Å²) < 4.78 is 16.7. The normalized spacial score (nSPS) is 45.5. The van der Waals surface area contributed by atoms with Crippen LogP contribution in [0.4, 0.5) is 0 Å². The molecule has 0 aromatic heterocycles. The predicted molar refractivity (Wildman–Crippen MR) is 205 cm³/mol. The number of Topliss-reactive ketones (excluding diaryl/α,β-unsaturated/α-hetero) is 2. The molecule has 1 amide bonds.